The van der Waals surface area contributed by atoms with E-state index in [9.17, 15) is 4.79 Å². The largest absolute Gasteiger partial charge is 0.493 e. The Morgan fingerprint density at radius 2 is 2.17 bits per heavy atom. The number of nitrogens with two attached hydrogens (primary N) is 1. The molecule has 126 valence electrons. The molecule has 2 N–H and O–H groups in total. The van der Waals surface area contributed by atoms with Crippen LogP contribution in [0.5, 0.6) is 5.75 Å². The molecule has 1 fully saturated rings. The fourth-order valence-corrected chi connectivity index (χ4v) is 2.78. The van der Waals surface area contributed by atoms with Gasteiger partial charge in [0.15, 0.2) is 0 Å². The number of pyridine rings is 1. The van der Waals surface area contributed by atoms with E-state index in [0.717, 1.165) is 37.4 Å². The van der Waals surface area contributed by atoms with Gasteiger partial charge in [-0.15, -0.1) is 0 Å². The summed E-state index contributed by atoms with van der Waals surface area (Å²) < 4.78 is 5.80. The fraction of sp³-hybridized carbons (Fsp3) is 0.412. The molecule has 0 radical (unpaired) electrons. The van der Waals surface area contributed by atoms with Gasteiger partial charge in [0.05, 0.1) is 18.5 Å². The minimum absolute atomic E-state index is 0.223. The third-order valence-electron chi connectivity index (χ3n) is 4.15. The summed E-state index contributed by atoms with van der Waals surface area (Å²) in [4.78, 5) is 26.0. The smallest absolute Gasteiger partial charge is 0.267 e. The maximum Gasteiger partial charge on any atom is 0.267 e. The first-order valence-electron chi connectivity index (χ1n) is 8.04. The van der Waals surface area contributed by atoms with E-state index in [2.05, 4.69) is 19.9 Å². The lowest BCUT2D eigenvalue weighted by atomic mass is 9.98. The van der Waals surface area contributed by atoms with Crippen LogP contribution in [0.4, 0.5) is 5.82 Å². The molecular formula is C17H21N5O2. The van der Waals surface area contributed by atoms with Gasteiger partial charge in [0.25, 0.3) is 5.91 Å². The van der Waals surface area contributed by atoms with Crippen molar-refractivity contribution in [2.45, 2.75) is 19.8 Å². The molecule has 0 saturated carbocycles. The summed E-state index contributed by atoms with van der Waals surface area (Å²) in [5, 5.41) is 0. The van der Waals surface area contributed by atoms with Gasteiger partial charge in [-0.25, -0.2) is 4.98 Å². The summed E-state index contributed by atoms with van der Waals surface area (Å²) in [6.07, 6.45) is 7.17. The van der Waals surface area contributed by atoms with Crippen LogP contribution >= 0.6 is 0 Å². The number of aryl methyl sites for hydroxylation is 1. The zero-order chi connectivity index (χ0) is 16.9. The molecule has 3 rings (SSSR count). The van der Waals surface area contributed by atoms with Crippen LogP contribution in [-0.4, -0.2) is 40.6 Å². The van der Waals surface area contributed by atoms with Crippen molar-refractivity contribution in [3.8, 4) is 5.75 Å². The minimum Gasteiger partial charge on any atom is -0.493 e. The molecule has 0 atom stereocenters. The maximum atomic E-state index is 11.1. The molecule has 0 unspecified atom stereocenters. The summed E-state index contributed by atoms with van der Waals surface area (Å²) in [7, 11) is 0. The molecular weight excluding hydrogens is 306 g/mol. The van der Waals surface area contributed by atoms with E-state index in [-0.39, 0.29) is 5.69 Å². The number of nitrogens with zero attached hydrogens (tertiary/aromatic N) is 4. The summed E-state index contributed by atoms with van der Waals surface area (Å²) in [5.74, 6) is 1.50. The first-order valence-corrected chi connectivity index (χ1v) is 8.04. The van der Waals surface area contributed by atoms with Gasteiger partial charge >= 0.3 is 0 Å². The van der Waals surface area contributed by atoms with Crippen LogP contribution in [0, 0.1) is 12.8 Å². The predicted octanol–water partition coefficient (Wildman–Crippen LogP) is 1.57. The number of carbonyl (C=O) groups excluding carboxylic acids is 1. The van der Waals surface area contributed by atoms with E-state index in [1.54, 1.807) is 18.3 Å². The second-order valence-corrected chi connectivity index (χ2v) is 6.00. The van der Waals surface area contributed by atoms with Crippen LogP contribution in [0.3, 0.4) is 0 Å². The Bertz CT molecular complexity index is 714. The fourth-order valence-electron chi connectivity index (χ4n) is 2.78. The van der Waals surface area contributed by atoms with Gasteiger partial charge in [-0.1, -0.05) is 0 Å². The third-order valence-corrected chi connectivity index (χ3v) is 4.15. The Hall–Kier alpha value is -2.70. The molecule has 0 bridgehead atoms. The summed E-state index contributed by atoms with van der Waals surface area (Å²) in [6, 6.07) is 3.32. The molecule has 2 aromatic rings. The molecule has 7 heteroatoms. The third kappa shape index (κ3) is 3.98. The molecule has 2 aromatic heterocycles. The number of primary amides is 1. The zero-order valence-electron chi connectivity index (χ0n) is 13.7. The lowest BCUT2D eigenvalue weighted by Gasteiger charge is -2.32. The van der Waals surface area contributed by atoms with Gasteiger partial charge in [-0.2, -0.15) is 0 Å². The second kappa shape index (κ2) is 7.25. The predicted molar refractivity (Wildman–Crippen MR) is 90.0 cm³/mol. The summed E-state index contributed by atoms with van der Waals surface area (Å²) in [5.41, 5.74) is 6.38. The van der Waals surface area contributed by atoms with Crippen molar-refractivity contribution in [1.29, 1.82) is 0 Å². The number of carbonyl (C=O) groups is 1. The highest BCUT2D eigenvalue weighted by Gasteiger charge is 2.21. The molecule has 1 amide bonds. The van der Waals surface area contributed by atoms with Crippen LogP contribution in [0.25, 0.3) is 0 Å². The summed E-state index contributed by atoms with van der Waals surface area (Å²) >= 11 is 0. The van der Waals surface area contributed by atoms with E-state index in [0.29, 0.717) is 18.3 Å². The van der Waals surface area contributed by atoms with Crippen LogP contribution in [-0.2, 0) is 0 Å². The zero-order valence-corrected chi connectivity index (χ0v) is 13.7. The molecule has 7 nitrogen and oxygen atoms in total. The maximum absolute atomic E-state index is 11.1. The standard InChI is InChI=1S/C17H21N5O2/c1-12-9-19-10-16(21-12)22-6-3-13(4-7-22)11-24-14-2-5-20-15(8-14)17(18)23/h2,5,8-10,13H,3-4,6-7,11H2,1H3,(H2,18,23). The number of hydrogen-bond donors (Lipinski definition) is 1. The van der Waals surface area contributed by atoms with Gasteiger partial charge in [-0.05, 0) is 31.7 Å². The van der Waals surface area contributed by atoms with Gasteiger partial charge in [0.2, 0.25) is 0 Å². The van der Waals surface area contributed by atoms with Crippen molar-refractivity contribution in [2.24, 2.45) is 11.7 Å². The Morgan fingerprint density at radius 1 is 1.38 bits per heavy atom. The Morgan fingerprint density at radius 3 is 2.88 bits per heavy atom. The lowest BCUT2D eigenvalue weighted by molar-refractivity contribution is 0.0995. The Labute approximate surface area is 140 Å². The molecule has 0 spiro atoms. The molecule has 0 aromatic carbocycles. The van der Waals surface area contributed by atoms with Crippen molar-refractivity contribution in [3.05, 3.63) is 42.1 Å². The number of anilines is 1. The van der Waals surface area contributed by atoms with Crippen LogP contribution < -0.4 is 15.4 Å². The minimum atomic E-state index is -0.548. The monoisotopic (exact) mass is 327 g/mol. The van der Waals surface area contributed by atoms with Gasteiger partial charge in [-0.3, -0.25) is 14.8 Å². The molecule has 3 heterocycles. The van der Waals surface area contributed by atoms with Gasteiger partial charge < -0.3 is 15.4 Å². The highest BCUT2D eigenvalue weighted by atomic mass is 16.5. The van der Waals surface area contributed by atoms with E-state index in [1.165, 1.54) is 6.20 Å². The molecule has 1 saturated heterocycles. The Balaban J connectivity index is 1.51. The first kappa shape index (κ1) is 16.2. The van der Waals surface area contributed by atoms with Gasteiger partial charge in [0, 0.05) is 31.5 Å². The number of hydrogen-bond acceptors (Lipinski definition) is 6. The SMILES string of the molecule is Cc1cncc(N2CCC(COc3ccnc(C(N)=O)c3)CC2)n1. The highest BCUT2D eigenvalue weighted by Crippen LogP contribution is 2.22. The Kier molecular flexibility index (Phi) is 4.88. The normalized spacial score (nSPS) is 15.3. The summed E-state index contributed by atoms with van der Waals surface area (Å²) in [6.45, 7) is 4.45. The second-order valence-electron chi connectivity index (χ2n) is 6.00. The van der Waals surface area contributed by atoms with Crippen LogP contribution in [0.1, 0.15) is 29.0 Å². The van der Waals surface area contributed by atoms with Crippen molar-refractivity contribution in [1.82, 2.24) is 15.0 Å². The van der Waals surface area contributed by atoms with E-state index < -0.39 is 5.91 Å². The highest BCUT2D eigenvalue weighted by molar-refractivity contribution is 5.91. The first-order chi connectivity index (χ1) is 11.6. The van der Waals surface area contributed by atoms with Gasteiger partial charge in [0.1, 0.15) is 17.3 Å². The number of piperidine rings is 1. The van der Waals surface area contributed by atoms with Crippen LogP contribution in [0.2, 0.25) is 0 Å². The van der Waals surface area contributed by atoms with Crippen LogP contribution in [0.15, 0.2) is 30.7 Å². The topological polar surface area (TPSA) is 94.2 Å². The number of amides is 1. The molecule has 24 heavy (non-hydrogen) atoms. The number of rotatable bonds is 5. The van der Waals surface area contributed by atoms with Crippen molar-refractivity contribution >= 4 is 11.7 Å². The van der Waals surface area contributed by atoms with Crippen molar-refractivity contribution in [3.63, 3.8) is 0 Å². The number of ether oxygens (including phenoxy) is 1. The lowest BCUT2D eigenvalue weighted by Crippen LogP contribution is -2.36. The van der Waals surface area contributed by atoms with E-state index >= 15 is 0 Å². The average molecular weight is 327 g/mol. The molecule has 1 aliphatic rings. The molecule has 1 aliphatic heterocycles. The van der Waals surface area contributed by atoms with E-state index in [1.807, 2.05) is 13.1 Å². The molecule has 0 aliphatic carbocycles. The van der Waals surface area contributed by atoms with E-state index in [4.69, 9.17) is 10.5 Å². The average Bonchev–Trinajstić information content (AvgIpc) is 2.61. The van der Waals surface area contributed by atoms with Crippen molar-refractivity contribution in [2.75, 3.05) is 24.6 Å². The quantitative estimate of drug-likeness (QED) is 0.896. The number of aromatic nitrogens is 3. The van der Waals surface area contributed by atoms with Crippen molar-refractivity contribution < 1.29 is 9.53 Å².